The summed E-state index contributed by atoms with van der Waals surface area (Å²) in [5.41, 5.74) is 1.43. The predicted octanol–water partition coefficient (Wildman–Crippen LogP) is 4.92. The Bertz CT molecular complexity index is 1300. The molecule has 2 aliphatic heterocycles. The number of methoxy groups -OCH3 is 1. The highest BCUT2D eigenvalue weighted by molar-refractivity contribution is 7.85. The van der Waals surface area contributed by atoms with Gasteiger partial charge >= 0.3 is 5.97 Å². The van der Waals surface area contributed by atoms with Crippen molar-refractivity contribution < 1.29 is 31.4 Å². The molecule has 2 aromatic carbocycles. The van der Waals surface area contributed by atoms with E-state index in [9.17, 15) is 18.0 Å². The van der Waals surface area contributed by atoms with Crippen molar-refractivity contribution in [1.29, 1.82) is 0 Å². The highest BCUT2D eigenvalue weighted by Gasteiger charge is 2.50. The van der Waals surface area contributed by atoms with E-state index >= 15 is 0 Å². The largest absolute Gasteiger partial charge is 0.469 e. The summed E-state index contributed by atoms with van der Waals surface area (Å²) in [6.07, 6.45) is -0.109. The van der Waals surface area contributed by atoms with Crippen molar-refractivity contribution >= 4 is 45.1 Å². The fourth-order valence-electron chi connectivity index (χ4n) is 5.58. The van der Waals surface area contributed by atoms with Crippen LogP contribution >= 0.6 is 23.2 Å². The zero-order chi connectivity index (χ0) is 28.4. The summed E-state index contributed by atoms with van der Waals surface area (Å²) in [5.74, 6) is -1.26. The zero-order valence-corrected chi connectivity index (χ0v) is 24.7. The average Bonchev–Trinajstić information content (AvgIpc) is 3.37. The molecule has 2 aliphatic rings. The van der Waals surface area contributed by atoms with Crippen LogP contribution < -0.4 is 0 Å². The summed E-state index contributed by atoms with van der Waals surface area (Å²) in [5, 5.41) is 1.01. The number of carbonyl (C=O) groups is 2. The van der Waals surface area contributed by atoms with Gasteiger partial charge in [-0.25, -0.2) is 3.89 Å². The minimum atomic E-state index is -3.62. The first-order valence-electron chi connectivity index (χ1n) is 13.1. The Hall–Kier alpha value is -2.17. The third-order valence-corrected chi connectivity index (χ3v) is 10.8. The number of quaternary nitrogens is 1. The lowest BCUT2D eigenvalue weighted by Crippen LogP contribution is -2.58. The van der Waals surface area contributed by atoms with Crippen molar-refractivity contribution in [3.05, 3.63) is 69.7 Å². The Kier molecular flexibility index (Phi) is 9.28. The fourth-order valence-corrected chi connectivity index (χ4v) is 7.96. The van der Waals surface area contributed by atoms with Crippen LogP contribution in [0.5, 0.6) is 0 Å². The van der Waals surface area contributed by atoms with E-state index in [1.807, 2.05) is 25.1 Å². The van der Waals surface area contributed by atoms with E-state index in [0.29, 0.717) is 35.1 Å². The second-order valence-corrected chi connectivity index (χ2v) is 13.6. The third kappa shape index (κ3) is 6.28. The molecule has 1 amide bonds. The number of benzene rings is 2. The minimum absolute atomic E-state index is 0.0447. The third-order valence-electron chi connectivity index (χ3n) is 7.85. The molecule has 2 heterocycles. The number of carbonyl (C=O) groups excluding carboxylic acids is 2. The van der Waals surface area contributed by atoms with Gasteiger partial charge in [-0.15, -0.1) is 0 Å². The fraction of sp³-hybridized carbons (Fsp3) is 0.500. The molecule has 11 heteroatoms. The monoisotopic (exact) mass is 597 g/mol. The summed E-state index contributed by atoms with van der Waals surface area (Å²) >= 11 is 12.5. The molecule has 0 saturated carbocycles. The Labute approximate surface area is 240 Å². The van der Waals surface area contributed by atoms with Gasteiger partial charge in [0.05, 0.1) is 45.8 Å². The Morgan fingerprint density at radius 1 is 1.10 bits per heavy atom. The molecule has 8 nitrogen and oxygen atoms in total. The van der Waals surface area contributed by atoms with Crippen LogP contribution in [0.4, 0.5) is 0 Å². The smallest absolute Gasteiger partial charge is 0.308 e. The quantitative estimate of drug-likeness (QED) is 0.301. The number of halogens is 2. The van der Waals surface area contributed by atoms with Gasteiger partial charge in [0, 0.05) is 22.9 Å². The first-order chi connectivity index (χ1) is 18.5. The summed E-state index contributed by atoms with van der Waals surface area (Å²) in [6.45, 7) is 2.97. The number of esters is 1. The molecule has 0 spiro atoms. The maximum Gasteiger partial charge on any atom is 0.308 e. The van der Waals surface area contributed by atoms with Crippen LogP contribution in [-0.4, -0.2) is 74.2 Å². The number of hydrogen-bond donors (Lipinski definition) is 0. The minimum Gasteiger partial charge on any atom is -0.469 e. The lowest BCUT2D eigenvalue weighted by atomic mass is 9.89. The molecule has 0 radical (unpaired) electrons. The normalized spacial score (nSPS) is 24.0. The van der Waals surface area contributed by atoms with Crippen LogP contribution in [0.15, 0.2) is 48.5 Å². The number of morpholine rings is 1. The molecule has 4 atom stereocenters. The molecule has 2 fully saturated rings. The first-order valence-corrected chi connectivity index (χ1v) is 15.5. The summed E-state index contributed by atoms with van der Waals surface area (Å²) < 4.78 is 38.7. The SMILES string of the molecule is CC[C@@H](CS(=O)(=O)[N+]1(C)CCCC1)N1C(=O)[C@H](CC(=O)OC)O[C@H](c2cccc(Cl)c2)[C@H]1c1ccc(Cl)cc1. The number of ether oxygens (including phenoxy) is 2. The van der Waals surface area contributed by atoms with E-state index in [1.54, 1.807) is 42.3 Å². The van der Waals surface area contributed by atoms with Crippen molar-refractivity contribution in [2.75, 3.05) is 33.0 Å². The average molecular weight is 599 g/mol. The van der Waals surface area contributed by atoms with E-state index in [2.05, 4.69) is 0 Å². The predicted molar refractivity (Wildman–Crippen MR) is 150 cm³/mol. The molecule has 4 rings (SSSR count). The molecule has 0 aromatic heterocycles. The van der Waals surface area contributed by atoms with Gasteiger partial charge in [-0.1, -0.05) is 54.4 Å². The molecule has 0 N–H and O–H groups in total. The van der Waals surface area contributed by atoms with Gasteiger partial charge in [0.2, 0.25) is 0 Å². The van der Waals surface area contributed by atoms with Crippen molar-refractivity contribution in [3.8, 4) is 0 Å². The van der Waals surface area contributed by atoms with Crippen molar-refractivity contribution in [1.82, 2.24) is 4.90 Å². The van der Waals surface area contributed by atoms with Crippen LogP contribution in [0.1, 0.15) is 55.9 Å². The van der Waals surface area contributed by atoms with Gasteiger partial charge < -0.3 is 14.4 Å². The van der Waals surface area contributed by atoms with Gasteiger partial charge in [0.15, 0.2) is 0 Å². The van der Waals surface area contributed by atoms with Crippen molar-refractivity contribution in [2.24, 2.45) is 0 Å². The Balaban J connectivity index is 1.84. The lowest BCUT2D eigenvalue weighted by molar-refractivity contribution is -0.770. The number of hydrogen-bond acceptors (Lipinski definition) is 6. The van der Waals surface area contributed by atoms with Gasteiger partial charge in [-0.3, -0.25) is 9.59 Å². The van der Waals surface area contributed by atoms with Gasteiger partial charge in [0.25, 0.3) is 15.9 Å². The van der Waals surface area contributed by atoms with E-state index < -0.39 is 46.2 Å². The number of amides is 1. The van der Waals surface area contributed by atoms with Crippen LogP contribution in [0.2, 0.25) is 10.0 Å². The number of rotatable bonds is 9. The Morgan fingerprint density at radius 3 is 2.36 bits per heavy atom. The van der Waals surface area contributed by atoms with Gasteiger partial charge in [0.1, 0.15) is 18.0 Å². The second-order valence-electron chi connectivity index (χ2n) is 10.4. The van der Waals surface area contributed by atoms with Crippen molar-refractivity contribution in [3.63, 3.8) is 0 Å². The standard InChI is InChI=1S/C28H35Cl2N2O6S/c1-4-23(18-39(35,36)32(2)14-5-6-15-32)31-26(19-10-12-21(29)13-11-19)27(20-8-7-9-22(30)16-20)38-24(28(31)34)17-25(33)37-3/h7-13,16,23-24,26-27H,4-6,14-15,17-18H2,1-3H3/q+1/t23-,24-,26+,27+/m0/s1. The maximum atomic E-state index is 14.1. The number of nitrogens with zero attached hydrogens (tertiary/aromatic N) is 2. The second kappa shape index (κ2) is 12.1. The van der Waals surface area contributed by atoms with Crippen LogP contribution in [0, 0.1) is 0 Å². The molecule has 0 unspecified atom stereocenters. The number of sulfonamides is 1. The lowest BCUT2D eigenvalue weighted by Gasteiger charge is -2.48. The topological polar surface area (TPSA) is 90.0 Å². The van der Waals surface area contributed by atoms with Crippen LogP contribution in [0.3, 0.4) is 0 Å². The highest BCUT2D eigenvalue weighted by Crippen LogP contribution is 2.45. The number of likely N-dealkylation sites (tertiary alicyclic amines) is 1. The molecular formula is C28H35Cl2N2O6S+. The highest BCUT2D eigenvalue weighted by atomic mass is 35.5. The van der Waals surface area contributed by atoms with E-state index in [1.165, 1.54) is 7.11 Å². The summed E-state index contributed by atoms with van der Waals surface area (Å²) in [7, 11) is -0.619. The molecule has 39 heavy (non-hydrogen) atoms. The van der Waals surface area contributed by atoms with E-state index in [4.69, 9.17) is 32.7 Å². The van der Waals surface area contributed by atoms with Gasteiger partial charge in [-0.2, -0.15) is 8.42 Å². The van der Waals surface area contributed by atoms with E-state index in [-0.39, 0.29) is 16.1 Å². The van der Waals surface area contributed by atoms with Gasteiger partial charge in [-0.05, 0) is 41.8 Å². The van der Waals surface area contributed by atoms with Crippen LogP contribution in [0.25, 0.3) is 0 Å². The molecule has 2 saturated heterocycles. The first kappa shape index (κ1) is 29.8. The van der Waals surface area contributed by atoms with E-state index in [0.717, 1.165) is 18.4 Å². The molecule has 0 bridgehead atoms. The Morgan fingerprint density at radius 2 is 1.77 bits per heavy atom. The zero-order valence-electron chi connectivity index (χ0n) is 22.4. The summed E-state index contributed by atoms with van der Waals surface area (Å²) in [4.78, 5) is 28.0. The summed E-state index contributed by atoms with van der Waals surface area (Å²) in [6, 6.07) is 12.8. The van der Waals surface area contributed by atoms with Crippen LogP contribution in [-0.2, 0) is 29.1 Å². The molecule has 2 aromatic rings. The molecule has 212 valence electrons. The van der Waals surface area contributed by atoms with Crippen molar-refractivity contribution in [2.45, 2.75) is 56.9 Å². The molecular weight excluding hydrogens is 563 g/mol. The maximum absolute atomic E-state index is 14.1. The molecule has 0 aliphatic carbocycles.